The predicted molar refractivity (Wildman–Crippen MR) is 76.5 cm³/mol. The lowest BCUT2D eigenvalue weighted by molar-refractivity contribution is 0.102. The molecule has 2 aromatic heterocycles. The van der Waals surface area contributed by atoms with E-state index in [0.29, 0.717) is 0 Å². The molecular weight excluding hydrogens is 242 g/mol. The molecule has 0 bridgehead atoms. The van der Waals surface area contributed by atoms with E-state index in [9.17, 15) is 4.79 Å². The topological polar surface area (TPSA) is 30.0 Å². The number of aromatic nitrogens is 1. The largest absolute Gasteiger partial charge is 0.294 e. The first kappa shape index (κ1) is 13.0. The maximum atomic E-state index is 11.4. The minimum atomic E-state index is 0.115. The first-order valence-corrected chi connectivity index (χ1v) is 6.79. The van der Waals surface area contributed by atoms with Crippen molar-refractivity contribution in [2.24, 2.45) is 0 Å². The number of pyridine rings is 1. The van der Waals surface area contributed by atoms with E-state index in [2.05, 4.69) is 25.8 Å². The van der Waals surface area contributed by atoms with Gasteiger partial charge in [0.1, 0.15) is 0 Å². The van der Waals surface area contributed by atoms with Crippen molar-refractivity contribution in [3.8, 4) is 10.6 Å². The average molecular weight is 259 g/mol. The van der Waals surface area contributed by atoms with Crippen LogP contribution in [0.1, 0.15) is 39.0 Å². The van der Waals surface area contributed by atoms with Crippen molar-refractivity contribution in [3.05, 3.63) is 39.4 Å². The van der Waals surface area contributed by atoms with Crippen LogP contribution in [0.15, 0.2) is 12.1 Å². The summed E-state index contributed by atoms with van der Waals surface area (Å²) >= 11 is 1.52. The van der Waals surface area contributed by atoms with E-state index in [1.807, 2.05) is 19.1 Å². The van der Waals surface area contributed by atoms with Gasteiger partial charge in [0.05, 0.1) is 15.4 Å². The summed E-state index contributed by atoms with van der Waals surface area (Å²) < 4.78 is 0. The normalized spacial score (nSPS) is 10.7. The fraction of sp³-hybridized carbons (Fsp3) is 0.333. The van der Waals surface area contributed by atoms with Gasteiger partial charge in [0, 0.05) is 5.69 Å². The Hall–Kier alpha value is -1.48. The van der Waals surface area contributed by atoms with Crippen LogP contribution >= 0.6 is 11.3 Å². The zero-order valence-electron chi connectivity index (χ0n) is 11.4. The Labute approximate surface area is 112 Å². The minimum Gasteiger partial charge on any atom is -0.294 e. The van der Waals surface area contributed by atoms with Crippen molar-refractivity contribution < 1.29 is 4.79 Å². The van der Waals surface area contributed by atoms with Crippen LogP contribution in [0.2, 0.25) is 0 Å². The zero-order chi connectivity index (χ0) is 13.4. The Kier molecular flexibility index (Phi) is 3.35. The molecule has 0 aliphatic carbocycles. The number of thiophene rings is 1. The van der Waals surface area contributed by atoms with E-state index in [4.69, 9.17) is 0 Å². The molecule has 2 nitrogen and oxygen atoms in total. The lowest BCUT2D eigenvalue weighted by Crippen LogP contribution is -1.98. The van der Waals surface area contributed by atoms with Crippen LogP contribution in [0.3, 0.4) is 0 Å². The summed E-state index contributed by atoms with van der Waals surface area (Å²) in [5.41, 5.74) is 5.81. The quantitative estimate of drug-likeness (QED) is 0.755. The smallest absolute Gasteiger partial charge is 0.169 e. The number of hydrogen-bond donors (Lipinski definition) is 0. The molecule has 0 atom stereocenters. The van der Waals surface area contributed by atoms with Crippen LogP contribution in [-0.2, 0) is 0 Å². The number of aryl methyl sites for hydroxylation is 1. The van der Waals surface area contributed by atoms with Gasteiger partial charge in [0.25, 0.3) is 0 Å². The van der Waals surface area contributed by atoms with Crippen molar-refractivity contribution in [2.45, 2.75) is 34.6 Å². The van der Waals surface area contributed by atoms with Crippen LogP contribution in [0.25, 0.3) is 10.6 Å². The molecule has 2 rings (SSSR count). The van der Waals surface area contributed by atoms with Crippen LogP contribution in [0.5, 0.6) is 0 Å². The van der Waals surface area contributed by atoms with Gasteiger partial charge in [0.2, 0.25) is 0 Å². The number of hydrogen-bond acceptors (Lipinski definition) is 3. The molecule has 0 radical (unpaired) electrons. The Balaban J connectivity index is 2.60. The van der Waals surface area contributed by atoms with Gasteiger partial charge in [-0.2, -0.15) is 0 Å². The van der Waals surface area contributed by atoms with Gasteiger partial charge in [-0.3, -0.25) is 9.78 Å². The highest BCUT2D eigenvalue weighted by molar-refractivity contribution is 7.17. The summed E-state index contributed by atoms with van der Waals surface area (Å²) in [4.78, 5) is 17.9. The summed E-state index contributed by atoms with van der Waals surface area (Å²) in [7, 11) is 0. The number of ketones is 1. The van der Waals surface area contributed by atoms with Gasteiger partial charge in [-0.05, 0) is 63.4 Å². The first-order chi connectivity index (χ1) is 8.41. The molecule has 18 heavy (non-hydrogen) atoms. The molecule has 0 N–H and O–H groups in total. The fourth-order valence-electron chi connectivity index (χ4n) is 1.96. The highest BCUT2D eigenvalue weighted by atomic mass is 32.1. The molecule has 2 heterocycles. The average Bonchev–Trinajstić information content (AvgIpc) is 2.80. The summed E-state index contributed by atoms with van der Waals surface area (Å²) in [6, 6.07) is 3.87. The van der Waals surface area contributed by atoms with Crippen molar-refractivity contribution in [1.82, 2.24) is 4.98 Å². The standard InChI is InChI=1S/C15H17NOS/c1-8-9(2)11(4)16-15(10(8)3)14-7-6-13(18-14)12(5)17/h6-7H,1-5H3. The maximum Gasteiger partial charge on any atom is 0.169 e. The summed E-state index contributed by atoms with van der Waals surface area (Å²) in [5.74, 6) is 0.115. The third kappa shape index (κ3) is 2.10. The van der Waals surface area contributed by atoms with E-state index < -0.39 is 0 Å². The zero-order valence-corrected chi connectivity index (χ0v) is 12.2. The predicted octanol–water partition coefficient (Wildman–Crippen LogP) is 4.25. The van der Waals surface area contributed by atoms with E-state index in [1.54, 1.807) is 6.92 Å². The van der Waals surface area contributed by atoms with Crippen LogP contribution in [0, 0.1) is 27.7 Å². The molecule has 3 heteroatoms. The fourth-order valence-corrected chi connectivity index (χ4v) is 2.91. The summed E-state index contributed by atoms with van der Waals surface area (Å²) in [5, 5.41) is 0. The van der Waals surface area contributed by atoms with E-state index in [-0.39, 0.29) is 5.78 Å². The lowest BCUT2D eigenvalue weighted by atomic mass is 10.0. The van der Waals surface area contributed by atoms with Crippen molar-refractivity contribution in [3.63, 3.8) is 0 Å². The highest BCUT2D eigenvalue weighted by Crippen LogP contribution is 2.32. The van der Waals surface area contributed by atoms with Crippen molar-refractivity contribution in [2.75, 3.05) is 0 Å². The van der Waals surface area contributed by atoms with Gasteiger partial charge in [-0.1, -0.05) is 0 Å². The molecule has 0 saturated heterocycles. The molecule has 94 valence electrons. The summed E-state index contributed by atoms with van der Waals surface area (Å²) in [6.45, 7) is 9.95. The minimum absolute atomic E-state index is 0.115. The van der Waals surface area contributed by atoms with Gasteiger partial charge in [-0.15, -0.1) is 11.3 Å². The lowest BCUT2D eigenvalue weighted by Gasteiger charge is -2.11. The van der Waals surface area contributed by atoms with E-state index in [1.165, 1.54) is 28.0 Å². The Morgan fingerprint density at radius 2 is 1.72 bits per heavy atom. The third-order valence-electron chi connectivity index (χ3n) is 3.49. The second-order valence-corrected chi connectivity index (χ2v) is 5.72. The molecule has 0 aromatic carbocycles. The number of Topliss-reactive ketones (excluding diaryl/α,β-unsaturated/α-hetero) is 1. The van der Waals surface area contributed by atoms with Gasteiger partial charge in [0.15, 0.2) is 5.78 Å². The van der Waals surface area contributed by atoms with Gasteiger partial charge >= 0.3 is 0 Å². The molecule has 0 saturated carbocycles. The molecule has 0 amide bonds. The number of nitrogens with zero attached hydrogens (tertiary/aromatic N) is 1. The number of rotatable bonds is 2. The van der Waals surface area contributed by atoms with Crippen LogP contribution < -0.4 is 0 Å². The molecular formula is C15H17NOS. The highest BCUT2D eigenvalue weighted by Gasteiger charge is 2.13. The molecule has 0 spiro atoms. The molecule has 0 aliphatic heterocycles. The van der Waals surface area contributed by atoms with Gasteiger partial charge in [-0.25, -0.2) is 0 Å². The third-order valence-corrected chi connectivity index (χ3v) is 4.68. The molecule has 0 unspecified atom stereocenters. The van der Waals surface area contributed by atoms with Crippen molar-refractivity contribution in [1.29, 1.82) is 0 Å². The summed E-state index contributed by atoms with van der Waals surface area (Å²) in [6.07, 6.45) is 0. The molecule has 0 fully saturated rings. The van der Waals surface area contributed by atoms with Crippen LogP contribution in [-0.4, -0.2) is 10.8 Å². The van der Waals surface area contributed by atoms with E-state index >= 15 is 0 Å². The van der Waals surface area contributed by atoms with Gasteiger partial charge < -0.3 is 0 Å². The van der Waals surface area contributed by atoms with Crippen LogP contribution in [0.4, 0.5) is 0 Å². The number of carbonyl (C=O) groups is 1. The number of carbonyl (C=O) groups excluding carboxylic acids is 1. The Morgan fingerprint density at radius 3 is 2.28 bits per heavy atom. The monoisotopic (exact) mass is 259 g/mol. The molecule has 0 aliphatic rings. The molecule has 2 aromatic rings. The van der Waals surface area contributed by atoms with Crippen molar-refractivity contribution >= 4 is 17.1 Å². The Morgan fingerprint density at radius 1 is 1.06 bits per heavy atom. The van der Waals surface area contributed by atoms with E-state index in [0.717, 1.165) is 21.1 Å². The second kappa shape index (κ2) is 4.65. The SMILES string of the molecule is CC(=O)c1ccc(-c2nc(C)c(C)c(C)c2C)s1. The second-order valence-electron chi connectivity index (χ2n) is 4.64. The maximum absolute atomic E-state index is 11.4. The Bertz CT molecular complexity index is 626. The first-order valence-electron chi connectivity index (χ1n) is 5.97.